The molecule has 0 radical (unpaired) electrons. The Hall–Kier alpha value is -1.38. The highest BCUT2D eigenvalue weighted by molar-refractivity contribution is 7.88. The average Bonchev–Trinajstić information content (AvgIpc) is 3.33. The van der Waals surface area contributed by atoms with Crippen molar-refractivity contribution in [2.75, 3.05) is 13.1 Å². The van der Waals surface area contributed by atoms with Crippen LogP contribution in [0, 0.1) is 23.2 Å². The quantitative estimate of drug-likeness (QED) is 0.777. The molecule has 0 saturated heterocycles. The van der Waals surface area contributed by atoms with E-state index in [1.807, 2.05) is 0 Å². The molecule has 0 atom stereocenters. The maximum atomic E-state index is 12.7. The van der Waals surface area contributed by atoms with Gasteiger partial charge in [0.05, 0.1) is 17.4 Å². The van der Waals surface area contributed by atoms with E-state index in [1.54, 1.807) is 28.6 Å². The molecule has 4 nitrogen and oxygen atoms in total. The molecule has 0 bridgehead atoms. The smallest absolute Gasteiger partial charge is 0.212 e. The fourth-order valence-electron chi connectivity index (χ4n) is 2.52. The summed E-state index contributed by atoms with van der Waals surface area (Å²) < 4.78 is 27.1. The van der Waals surface area contributed by atoms with Crippen LogP contribution in [0.1, 0.15) is 36.8 Å². The Labute approximate surface area is 126 Å². The van der Waals surface area contributed by atoms with Gasteiger partial charge in [-0.2, -0.15) is 5.26 Å². The summed E-state index contributed by atoms with van der Waals surface area (Å²) in [5.41, 5.74) is 1.07. The predicted octanol–water partition coefficient (Wildman–Crippen LogP) is 2.51. The van der Waals surface area contributed by atoms with Crippen molar-refractivity contribution in [1.82, 2.24) is 4.31 Å². The number of hydrogen-bond donors (Lipinski definition) is 0. The third-order valence-corrected chi connectivity index (χ3v) is 5.95. The second-order valence-corrected chi connectivity index (χ2v) is 8.20. The van der Waals surface area contributed by atoms with E-state index in [1.165, 1.54) is 0 Å². The topological polar surface area (TPSA) is 61.2 Å². The number of hydrogen-bond acceptors (Lipinski definition) is 3. The van der Waals surface area contributed by atoms with Crippen molar-refractivity contribution in [3.8, 4) is 6.07 Å². The van der Waals surface area contributed by atoms with Crippen LogP contribution in [0.25, 0.3) is 0 Å². The summed E-state index contributed by atoms with van der Waals surface area (Å²) in [6.45, 7) is 1.32. The van der Waals surface area contributed by atoms with Crippen molar-refractivity contribution in [2.24, 2.45) is 11.8 Å². The summed E-state index contributed by atoms with van der Waals surface area (Å²) in [6, 6.07) is 9.05. The lowest BCUT2D eigenvalue weighted by Crippen LogP contribution is -2.35. The van der Waals surface area contributed by atoms with Crippen LogP contribution in [0.3, 0.4) is 0 Å². The second kappa shape index (κ2) is 5.78. The Morgan fingerprint density at radius 1 is 1.10 bits per heavy atom. The zero-order chi connectivity index (χ0) is 14.9. The molecular formula is C16H20N2O2S. The molecule has 1 aromatic carbocycles. The molecule has 0 aliphatic heterocycles. The van der Waals surface area contributed by atoms with Gasteiger partial charge in [0, 0.05) is 13.1 Å². The summed E-state index contributed by atoms with van der Waals surface area (Å²) in [6.07, 6.45) is 4.58. The van der Waals surface area contributed by atoms with Crippen LogP contribution >= 0.6 is 0 Å². The molecule has 2 aliphatic rings. The lowest BCUT2D eigenvalue weighted by molar-refractivity contribution is 0.381. The van der Waals surface area contributed by atoms with E-state index in [9.17, 15) is 8.42 Å². The Morgan fingerprint density at radius 3 is 2.19 bits per heavy atom. The molecular weight excluding hydrogens is 284 g/mol. The van der Waals surface area contributed by atoms with Gasteiger partial charge in [-0.1, -0.05) is 18.2 Å². The van der Waals surface area contributed by atoms with Gasteiger partial charge in [0.1, 0.15) is 0 Å². The predicted molar refractivity (Wildman–Crippen MR) is 80.8 cm³/mol. The van der Waals surface area contributed by atoms with Crippen molar-refractivity contribution in [3.05, 3.63) is 35.4 Å². The number of rotatable bonds is 7. The van der Waals surface area contributed by atoms with Crippen LogP contribution in [0.15, 0.2) is 24.3 Å². The van der Waals surface area contributed by atoms with Crippen LogP contribution in [0.5, 0.6) is 0 Å². The van der Waals surface area contributed by atoms with E-state index < -0.39 is 10.0 Å². The Morgan fingerprint density at radius 2 is 1.67 bits per heavy atom. The molecule has 2 fully saturated rings. The van der Waals surface area contributed by atoms with Crippen molar-refractivity contribution >= 4 is 10.0 Å². The number of sulfonamides is 1. The minimum atomic E-state index is -3.34. The van der Waals surface area contributed by atoms with Gasteiger partial charge in [-0.3, -0.25) is 0 Å². The van der Waals surface area contributed by atoms with Crippen molar-refractivity contribution in [1.29, 1.82) is 5.26 Å². The van der Waals surface area contributed by atoms with Gasteiger partial charge < -0.3 is 0 Å². The highest BCUT2D eigenvalue weighted by atomic mass is 32.2. The molecule has 1 aromatic rings. The maximum absolute atomic E-state index is 12.7. The summed E-state index contributed by atoms with van der Waals surface area (Å²) in [4.78, 5) is 0. The van der Waals surface area contributed by atoms with E-state index in [2.05, 4.69) is 6.07 Å². The molecule has 0 N–H and O–H groups in total. The Balaban J connectivity index is 1.77. The largest absolute Gasteiger partial charge is 0.218 e. The minimum absolute atomic E-state index is 0.0594. The molecule has 3 rings (SSSR count). The number of benzene rings is 1. The third-order valence-electron chi connectivity index (χ3n) is 4.19. The molecule has 0 unspecified atom stereocenters. The van der Waals surface area contributed by atoms with E-state index in [-0.39, 0.29) is 5.75 Å². The molecule has 0 spiro atoms. The monoisotopic (exact) mass is 304 g/mol. The van der Waals surface area contributed by atoms with Gasteiger partial charge in [-0.05, 0) is 49.1 Å². The normalized spacial score (nSPS) is 18.7. The lowest BCUT2D eigenvalue weighted by atomic mass is 10.1. The average molecular weight is 304 g/mol. The van der Waals surface area contributed by atoms with Gasteiger partial charge in [-0.15, -0.1) is 0 Å². The fourth-order valence-corrected chi connectivity index (χ4v) is 4.22. The van der Waals surface area contributed by atoms with Crippen LogP contribution < -0.4 is 0 Å². The first-order valence-electron chi connectivity index (χ1n) is 7.54. The maximum Gasteiger partial charge on any atom is 0.218 e. The number of nitriles is 1. The Kier molecular flexibility index (Phi) is 4.01. The third kappa shape index (κ3) is 3.84. The van der Waals surface area contributed by atoms with Gasteiger partial charge in [0.15, 0.2) is 0 Å². The van der Waals surface area contributed by atoms with Gasteiger partial charge >= 0.3 is 0 Å². The van der Waals surface area contributed by atoms with E-state index in [0.717, 1.165) is 25.7 Å². The minimum Gasteiger partial charge on any atom is -0.212 e. The first-order chi connectivity index (χ1) is 10.1. The first-order valence-corrected chi connectivity index (χ1v) is 9.15. The zero-order valence-corrected chi connectivity index (χ0v) is 12.8. The molecule has 5 heteroatoms. The fraction of sp³-hybridized carbons (Fsp3) is 0.562. The summed E-state index contributed by atoms with van der Waals surface area (Å²) in [7, 11) is -3.34. The molecule has 0 heterocycles. The van der Waals surface area contributed by atoms with Crippen molar-refractivity contribution in [3.63, 3.8) is 0 Å². The van der Waals surface area contributed by atoms with Gasteiger partial charge in [0.25, 0.3) is 0 Å². The van der Waals surface area contributed by atoms with Crippen LogP contribution in [-0.4, -0.2) is 25.8 Å². The lowest BCUT2D eigenvalue weighted by Gasteiger charge is -2.22. The summed E-state index contributed by atoms with van der Waals surface area (Å²) >= 11 is 0. The highest BCUT2D eigenvalue weighted by Crippen LogP contribution is 2.35. The first kappa shape index (κ1) is 14.6. The summed E-state index contributed by atoms with van der Waals surface area (Å²) in [5, 5.41) is 9.11. The second-order valence-electron chi connectivity index (χ2n) is 6.23. The zero-order valence-electron chi connectivity index (χ0n) is 12.0. The standard InChI is InChI=1S/C16H20N2O2S/c17-9-15-3-1-2-4-16(15)12-21(19,20)18(10-13-5-6-13)11-14-7-8-14/h1-4,13-14H,5-8,10-12H2. The van der Waals surface area contributed by atoms with E-state index in [4.69, 9.17) is 5.26 Å². The molecule has 2 aliphatic carbocycles. The molecule has 21 heavy (non-hydrogen) atoms. The van der Waals surface area contributed by atoms with Crippen LogP contribution in [-0.2, 0) is 15.8 Å². The van der Waals surface area contributed by atoms with Crippen molar-refractivity contribution in [2.45, 2.75) is 31.4 Å². The molecule has 2 saturated carbocycles. The SMILES string of the molecule is N#Cc1ccccc1CS(=O)(=O)N(CC1CC1)CC1CC1. The van der Waals surface area contributed by atoms with Gasteiger partial charge in [-0.25, -0.2) is 12.7 Å². The summed E-state index contributed by atoms with van der Waals surface area (Å²) in [5.74, 6) is 1.03. The van der Waals surface area contributed by atoms with E-state index >= 15 is 0 Å². The van der Waals surface area contributed by atoms with Gasteiger partial charge in [0.2, 0.25) is 10.0 Å². The van der Waals surface area contributed by atoms with Crippen molar-refractivity contribution < 1.29 is 8.42 Å². The number of nitrogens with zero attached hydrogens (tertiary/aromatic N) is 2. The molecule has 112 valence electrons. The van der Waals surface area contributed by atoms with Crippen LogP contribution in [0.4, 0.5) is 0 Å². The Bertz CT molecular complexity index is 641. The highest BCUT2D eigenvalue weighted by Gasteiger charge is 2.35. The molecule has 0 amide bonds. The van der Waals surface area contributed by atoms with Crippen LogP contribution in [0.2, 0.25) is 0 Å². The van der Waals surface area contributed by atoms with E-state index in [0.29, 0.717) is 36.1 Å². The molecule has 0 aromatic heterocycles.